The first-order valence-corrected chi connectivity index (χ1v) is 11.9. The quantitative estimate of drug-likeness (QED) is 0.776. The summed E-state index contributed by atoms with van der Waals surface area (Å²) in [5, 5.41) is 3.16. The summed E-state index contributed by atoms with van der Waals surface area (Å²) in [5.41, 5.74) is 1.93. The van der Waals surface area contributed by atoms with Gasteiger partial charge in [0.2, 0.25) is 5.91 Å². The Morgan fingerprint density at radius 2 is 1.83 bits per heavy atom. The number of aromatic nitrogens is 2. The van der Waals surface area contributed by atoms with E-state index >= 15 is 0 Å². The van der Waals surface area contributed by atoms with Gasteiger partial charge in [-0.05, 0) is 25.7 Å². The highest BCUT2D eigenvalue weighted by Gasteiger charge is 2.38. The number of amides is 1. The van der Waals surface area contributed by atoms with Crippen LogP contribution in [0.4, 0.5) is 5.82 Å². The molecule has 3 aliphatic rings. The lowest BCUT2D eigenvalue weighted by Gasteiger charge is -2.30. The van der Waals surface area contributed by atoms with Crippen molar-refractivity contribution in [2.45, 2.75) is 51.5 Å². The van der Waals surface area contributed by atoms with Gasteiger partial charge < -0.3 is 10.2 Å². The molecule has 10 heteroatoms. The van der Waals surface area contributed by atoms with E-state index in [0.717, 1.165) is 42.8 Å². The molecule has 1 aromatic heterocycles. The minimum Gasteiger partial charge on any atom is -0.373 e. The molecule has 0 saturated carbocycles. The van der Waals surface area contributed by atoms with E-state index in [9.17, 15) is 13.2 Å². The second-order valence-corrected chi connectivity index (χ2v) is 10.0. The van der Waals surface area contributed by atoms with Crippen LogP contribution in [0.2, 0.25) is 0 Å². The summed E-state index contributed by atoms with van der Waals surface area (Å²) in [5.74, 6) is 1.49. The Hall–Kier alpha value is -1.78. The molecule has 9 nitrogen and oxygen atoms in total. The SMILES string of the molecule is CNc1nc(C2CCN(S(=O)(=O)N3CCCCC3)C2)nc2c1CCN(C(C)=O)C2. The molecule has 1 atom stereocenters. The van der Waals surface area contributed by atoms with Crippen molar-refractivity contribution in [2.75, 3.05) is 45.1 Å². The molecule has 4 rings (SSSR count). The summed E-state index contributed by atoms with van der Waals surface area (Å²) in [4.78, 5) is 23.1. The highest BCUT2D eigenvalue weighted by molar-refractivity contribution is 7.86. The van der Waals surface area contributed by atoms with Crippen molar-refractivity contribution < 1.29 is 13.2 Å². The Bertz CT molecular complexity index is 884. The molecule has 4 heterocycles. The molecule has 29 heavy (non-hydrogen) atoms. The van der Waals surface area contributed by atoms with E-state index in [1.165, 1.54) is 0 Å². The van der Waals surface area contributed by atoms with Crippen molar-refractivity contribution in [3.63, 3.8) is 0 Å². The Morgan fingerprint density at radius 1 is 1.07 bits per heavy atom. The Balaban J connectivity index is 1.55. The van der Waals surface area contributed by atoms with E-state index in [4.69, 9.17) is 9.97 Å². The fourth-order valence-electron chi connectivity index (χ4n) is 4.52. The van der Waals surface area contributed by atoms with Crippen LogP contribution < -0.4 is 5.32 Å². The van der Waals surface area contributed by atoms with Gasteiger partial charge in [-0.25, -0.2) is 9.97 Å². The Kier molecular flexibility index (Phi) is 5.76. The van der Waals surface area contributed by atoms with E-state index < -0.39 is 10.2 Å². The second-order valence-electron chi connectivity index (χ2n) is 8.11. The molecule has 0 radical (unpaired) electrons. The molecule has 2 saturated heterocycles. The van der Waals surface area contributed by atoms with Gasteiger partial charge in [0.1, 0.15) is 11.6 Å². The lowest BCUT2D eigenvalue weighted by Crippen LogP contribution is -2.45. The summed E-state index contributed by atoms with van der Waals surface area (Å²) in [6.07, 6.45) is 4.41. The lowest BCUT2D eigenvalue weighted by molar-refractivity contribution is -0.129. The first-order valence-electron chi connectivity index (χ1n) is 10.5. The molecule has 1 unspecified atom stereocenters. The molecule has 160 valence electrons. The first-order chi connectivity index (χ1) is 13.9. The van der Waals surface area contributed by atoms with Gasteiger partial charge in [0.25, 0.3) is 10.2 Å². The zero-order valence-electron chi connectivity index (χ0n) is 17.2. The van der Waals surface area contributed by atoms with E-state index in [1.807, 2.05) is 7.05 Å². The normalized spacial score (nSPS) is 23.8. The topological polar surface area (TPSA) is 98.7 Å². The van der Waals surface area contributed by atoms with Crippen LogP contribution in [0.3, 0.4) is 0 Å². The van der Waals surface area contributed by atoms with Gasteiger partial charge in [0.15, 0.2) is 0 Å². The molecule has 2 fully saturated rings. The number of piperidine rings is 1. The van der Waals surface area contributed by atoms with Crippen LogP contribution in [-0.2, 0) is 28.0 Å². The molecule has 1 amide bonds. The summed E-state index contributed by atoms with van der Waals surface area (Å²) in [6, 6.07) is 0. The molecule has 0 aromatic carbocycles. The number of hydrogen-bond acceptors (Lipinski definition) is 6. The number of carbonyl (C=O) groups is 1. The molecule has 0 spiro atoms. The number of rotatable bonds is 4. The van der Waals surface area contributed by atoms with Gasteiger partial charge in [-0.2, -0.15) is 17.0 Å². The zero-order valence-corrected chi connectivity index (χ0v) is 18.0. The molecular weight excluding hydrogens is 392 g/mol. The highest BCUT2D eigenvalue weighted by Crippen LogP contribution is 2.32. The number of hydrogen-bond donors (Lipinski definition) is 1. The fourth-order valence-corrected chi connectivity index (χ4v) is 6.27. The van der Waals surface area contributed by atoms with Gasteiger partial charge in [-0.1, -0.05) is 6.42 Å². The predicted octanol–water partition coefficient (Wildman–Crippen LogP) is 0.943. The maximum Gasteiger partial charge on any atom is 0.281 e. The van der Waals surface area contributed by atoms with Gasteiger partial charge in [0.05, 0.1) is 12.2 Å². The lowest BCUT2D eigenvalue weighted by atomic mass is 10.0. The highest BCUT2D eigenvalue weighted by atomic mass is 32.2. The van der Waals surface area contributed by atoms with Gasteiger partial charge in [-0.15, -0.1) is 0 Å². The minimum atomic E-state index is -3.41. The van der Waals surface area contributed by atoms with E-state index in [1.54, 1.807) is 20.4 Å². The van der Waals surface area contributed by atoms with Gasteiger partial charge in [0, 0.05) is 58.2 Å². The van der Waals surface area contributed by atoms with Crippen molar-refractivity contribution in [1.29, 1.82) is 0 Å². The maximum absolute atomic E-state index is 13.0. The summed E-state index contributed by atoms with van der Waals surface area (Å²) >= 11 is 0. The van der Waals surface area contributed by atoms with Crippen LogP contribution in [0, 0.1) is 0 Å². The number of nitrogens with one attached hydrogen (secondary N) is 1. The third-order valence-electron chi connectivity index (χ3n) is 6.25. The third-order valence-corrected chi connectivity index (χ3v) is 8.25. The molecule has 0 bridgehead atoms. The summed E-state index contributed by atoms with van der Waals surface area (Å²) in [7, 11) is -1.57. The standard InChI is InChI=1S/C19H30N6O3S/c1-14(26)23-10-7-16-17(13-23)21-18(22-19(16)20-2)15-6-11-25(12-15)29(27,28)24-8-4-3-5-9-24/h15H,3-13H2,1-2H3,(H,20,21,22). The monoisotopic (exact) mass is 422 g/mol. The zero-order chi connectivity index (χ0) is 20.6. The van der Waals surface area contributed by atoms with Crippen LogP contribution in [0.25, 0.3) is 0 Å². The second kappa shape index (κ2) is 8.16. The summed E-state index contributed by atoms with van der Waals surface area (Å²) in [6.45, 7) is 4.87. The molecule has 1 aromatic rings. The Morgan fingerprint density at radius 3 is 2.52 bits per heavy atom. The van der Waals surface area contributed by atoms with Crippen LogP contribution >= 0.6 is 0 Å². The van der Waals surface area contributed by atoms with Gasteiger partial charge in [-0.3, -0.25) is 4.79 Å². The van der Waals surface area contributed by atoms with Crippen molar-refractivity contribution >= 4 is 21.9 Å². The molecule has 0 aliphatic carbocycles. The average molecular weight is 423 g/mol. The summed E-state index contributed by atoms with van der Waals surface area (Å²) < 4.78 is 29.2. The largest absolute Gasteiger partial charge is 0.373 e. The molecular formula is C19H30N6O3S. The van der Waals surface area contributed by atoms with E-state index in [2.05, 4.69) is 5.32 Å². The number of nitrogens with zero attached hydrogens (tertiary/aromatic N) is 5. The van der Waals surface area contributed by atoms with Gasteiger partial charge >= 0.3 is 0 Å². The van der Waals surface area contributed by atoms with Crippen molar-refractivity contribution in [2.24, 2.45) is 0 Å². The van der Waals surface area contributed by atoms with Crippen molar-refractivity contribution in [3.8, 4) is 0 Å². The number of anilines is 1. The van der Waals surface area contributed by atoms with Crippen LogP contribution in [0.15, 0.2) is 0 Å². The molecule has 1 N–H and O–H groups in total. The maximum atomic E-state index is 13.0. The average Bonchev–Trinajstić information content (AvgIpc) is 3.24. The Labute approximate surface area is 172 Å². The van der Waals surface area contributed by atoms with Crippen molar-refractivity contribution in [3.05, 3.63) is 17.1 Å². The van der Waals surface area contributed by atoms with Crippen LogP contribution in [0.5, 0.6) is 0 Å². The van der Waals surface area contributed by atoms with E-state index in [0.29, 0.717) is 51.5 Å². The number of carbonyl (C=O) groups excluding carboxylic acids is 1. The smallest absolute Gasteiger partial charge is 0.281 e. The molecule has 3 aliphatic heterocycles. The first kappa shape index (κ1) is 20.5. The number of fused-ring (bicyclic) bond motifs is 1. The fraction of sp³-hybridized carbons (Fsp3) is 0.737. The minimum absolute atomic E-state index is 0.0281. The van der Waals surface area contributed by atoms with Crippen LogP contribution in [-0.4, -0.2) is 77.6 Å². The third kappa shape index (κ3) is 3.97. The van der Waals surface area contributed by atoms with Crippen molar-refractivity contribution in [1.82, 2.24) is 23.5 Å². The van der Waals surface area contributed by atoms with E-state index in [-0.39, 0.29) is 11.8 Å². The predicted molar refractivity (Wildman–Crippen MR) is 110 cm³/mol. The van der Waals surface area contributed by atoms with Crippen LogP contribution in [0.1, 0.15) is 55.6 Å².